The van der Waals surface area contributed by atoms with E-state index in [4.69, 9.17) is 4.74 Å². The van der Waals surface area contributed by atoms with E-state index in [0.29, 0.717) is 6.10 Å². The van der Waals surface area contributed by atoms with Crippen molar-refractivity contribution in [1.29, 1.82) is 0 Å². The zero-order valence-corrected chi connectivity index (χ0v) is 12.0. The van der Waals surface area contributed by atoms with Crippen LogP contribution in [0.15, 0.2) is 0 Å². The predicted octanol–water partition coefficient (Wildman–Crippen LogP) is 2.41. The molecule has 0 bridgehead atoms. The van der Waals surface area contributed by atoms with Gasteiger partial charge >= 0.3 is 0 Å². The smallest absolute Gasteiger partial charge is 0.0702 e. The normalized spacial score (nSPS) is 25.3. The van der Waals surface area contributed by atoms with Crippen LogP contribution in [0.4, 0.5) is 0 Å². The van der Waals surface area contributed by atoms with E-state index in [0.717, 1.165) is 25.7 Å². The Bertz CT molecular complexity index is 211. The van der Waals surface area contributed by atoms with Gasteiger partial charge in [0.15, 0.2) is 0 Å². The highest BCUT2D eigenvalue weighted by molar-refractivity contribution is 4.74. The fraction of sp³-hybridized carbons (Fsp3) is 1.00. The van der Waals surface area contributed by atoms with Crippen LogP contribution in [0.3, 0.4) is 0 Å². The van der Waals surface area contributed by atoms with Gasteiger partial charge in [0, 0.05) is 19.2 Å². The second-order valence-corrected chi connectivity index (χ2v) is 5.82. The average Bonchev–Trinajstić information content (AvgIpc) is 3.06. The molecule has 1 N–H and O–H groups in total. The Morgan fingerprint density at radius 2 is 2.00 bits per heavy atom. The van der Waals surface area contributed by atoms with E-state index in [9.17, 15) is 0 Å². The fourth-order valence-corrected chi connectivity index (χ4v) is 3.19. The number of nitrogens with one attached hydrogen (secondary N) is 1. The van der Waals surface area contributed by atoms with Gasteiger partial charge < -0.3 is 15.0 Å². The highest BCUT2D eigenvalue weighted by atomic mass is 16.5. The van der Waals surface area contributed by atoms with Crippen LogP contribution in [-0.4, -0.2) is 49.8 Å². The molecule has 0 radical (unpaired) electrons. The maximum absolute atomic E-state index is 5.72. The number of hydrogen-bond donors (Lipinski definition) is 1. The second kappa shape index (κ2) is 8.13. The predicted molar refractivity (Wildman–Crippen MR) is 76.0 cm³/mol. The lowest BCUT2D eigenvalue weighted by molar-refractivity contribution is 0.0744. The summed E-state index contributed by atoms with van der Waals surface area (Å²) in [5, 5.41) is 3.70. The van der Waals surface area contributed by atoms with E-state index in [1.807, 2.05) is 0 Å². The lowest BCUT2D eigenvalue weighted by Crippen LogP contribution is -2.35. The molecule has 1 unspecified atom stereocenters. The Labute approximate surface area is 112 Å². The quantitative estimate of drug-likeness (QED) is 0.673. The first-order valence-electron chi connectivity index (χ1n) is 7.96. The summed E-state index contributed by atoms with van der Waals surface area (Å²) in [7, 11) is 0. The van der Waals surface area contributed by atoms with Crippen molar-refractivity contribution < 1.29 is 4.74 Å². The second-order valence-electron chi connectivity index (χ2n) is 5.82. The van der Waals surface area contributed by atoms with Gasteiger partial charge in [-0.1, -0.05) is 19.8 Å². The SMILES string of the molecule is CCN(CCCNC1CCCC1)CC1CCCO1. The summed E-state index contributed by atoms with van der Waals surface area (Å²) >= 11 is 0. The third-order valence-electron chi connectivity index (χ3n) is 4.37. The summed E-state index contributed by atoms with van der Waals surface area (Å²) in [6.07, 6.45) is 9.95. The first-order chi connectivity index (χ1) is 8.88. The molecule has 3 nitrogen and oxygen atoms in total. The molecule has 1 aliphatic heterocycles. The molecule has 1 heterocycles. The topological polar surface area (TPSA) is 24.5 Å². The molecule has 2 aliphatic rings. The Morgan fingerprint density at radius 1 is 1.17 bits per heavy atom. The standard InChI is InChI=1S/C15H30N2O/c1-2-17(13-15-9-5-12-18-15)11-6-10-16-14-7-3-4-8-14/h14-16H,2-13H2,1H3. The lowest BCUT2D eigenvalue weighted by atomic mass is 10.2. The Morgan fingerprint density at radius 3 is 2.67 bits per heavy atom. The van der Waals surface area contributed by atoms with Gasteiger partial charge in [-0.25, -0.2) is 0 Å². The molecule has 2 rings (SSSR count). The van der Waals surface area contributed by atoms with Gasteiger partial charge in [0.25, 0.3) is 0 Å². The molecule has 3 heteroatoms. The van der Waals surface area contributed by atoms with Crippen molar-refractivity contribution in [2.75, 3.05) is 32.8 Å². The van der Waals surface area contributed by atoms with E-state index in [-0.39, 0.29) is 0 Å². The number of nitrogens with zero attached hydrogens (tertiary/aromatic N) is 1. The van der Waals surface area contributed by atoms with Crippen molar-refractivity contribution in [3.63, 3.8) is 0 Å². The molecule has 1 aliphatic carbocycles. The maximum Gasteiger partial charge on any atom is 0.0702 e. The third-order valence-corrected chi connectivity index (χ3v) is 4.37. The van der Waals surface area contributed by atoms with Crippen LogP contribution in [0.1, 0.15) is 51.9 Å². The summed E-state index contributed by atoms with van der Waals surface area (Å²) in [6, 6.07) is 0.818. The molecule has 2 fully saturated rings. The highest BCUT2D eigenvalue weighted by Crippen LogP contribution is 2.17. The zero-order valence-electron chi connectivity index (χ0n) is 12.0. The third kappa shape index (κ3) is 4.87. The summed E-state index contributed by atoms with van der Waals surface area (Å²) in [6.45, 7) is 7.94. The largest absolute Gasteiger partial charge is 0.377 e. The van der Waals surface area contributed by atoms with E-state index in [1.54, 1.807) is 0 Å². The van der Waals surface area contributed by atoms with Crippen LogP contribution in [0.5, 0.6) is 0 Å². The molecule has 0 aromatic heterocycles. The zero-order chi connectivity index (χ0) is 12.6. The van der Waals surface area contributed by atoms with Gasteiger partial charge in [-0.05, 0) is 51.7 Å². The van der Waals surface area contributed by atoms with Gasteiger partial charge in [0.2, 0.25) is 0 Å². The molecule has 1 atom stereocenters. The van der Waals surface area contributed by atoms with Crippen LogP contribution >= 0.6 is 0 Å². The monoisotopic (exact) mass is 254 g/mol. The minimum Gasteiger partial charge on any atom is -0.377 e. The van der Waals surface area contributed by atoms with Crippen molar-refractivity contribution >= 4 is 0 Å². The van der Waals surface area contributed by atoms with Crippen LogP contribution in [-0.2, 0) is 4.74 Å². The molecule has 0 aromatic carbocycles. The van der Waals surface area contributed by atoms with E-state index in [2.05, 4.69) is 17.1 Å². The van der Waals surface area contributed by atoms with Crippen molar-refractivity contribution in [3.05, 3.63) is 0 Å². The molecular formula is C15H30N2O. The van der Waals surface area contributed by atoms with Gasteiger partial charge in [0.1, 0.15) is 0 Å². The average molecular weight is 254 g/mol. The molecule has 106 valence electrons. The molecular weight excluding hydrogens is 224 g/mol. The lowest BCUT2D eigenvalue weighted by Gasteiger charge is -2.24. The molecule has 1 saturated heterocycles. The molecule has 0 spiro atoms. The van der Waals surface area contributed by atoms with Gasteiger partial charge in [-0.2, -0.15) is 0 Å². The van der Waals surface area contributed by atoms with Crippen LogP contribution < -0.4 is 5.32 Å². The Hall–Kier alpha value is -0.120. The Kier molecular flexibility index (Phi) is 6.46. The molecule has 0 amide bonds. The number of likely N-dealkylation sites (N-methyl/N-ethyl adjacent to an activating group) is 1. The van der Waals surface area contributed by atoms with Crippen LogP contribution in [0.25, 0.3) is 0 Å². The number of rotatable bonds is 8. The highest BCUT2D eigenvalue weighted by Gasteiger charge is 2.18. The molecule has 18 heavy (non-hydrogen) atoms. The van der Waals surface area contributed by atoms with Gasteiger partial charge in [-0.3, -0.25) is 0 Å². The minimum atomic E-state index is 0.507. The number of hydrogen-bond acceptors (Lipinski definition) is 3. The van der Waals surface area contributed by atoms with Gasteiger partial charge in [-0.15, -0.1) is 0 Å². The summed E-state index contributed by atoms with van der Waals surface area (Å²) < 4.78 is 5.72. The Balaban J connectivity index is 1.52. The van der Waals surface area contributed by atoms with Crippen LogP contribution in [0, 0.1) is 0 Å². The van der Waals surface area contributed by atoms with Crippen molar-refractivity contribution in [2.24, 2.45) is 0 Å². The fourth-order valence-electron chi connectivity index (χ4n) is 3.19. The summed E-state index contributed by atoms with van der Waals surface area (Å²) in [5.74, 6) is 0. The van der Waals surface area contributed by atoms with Crippen molar-refractivity contribution in [1.82, 2.24) is 10.2 Å². The number of ether oxygens (including phenoxy) is 1. The van der Waals surface area contributed by atoms with Crippen LogP contribution in [0.2, 0.25) is 0 Å². The van der Waals surface area contributed by atoms with Crippen molar-refractivity contribution in [3.8, 4) is 0 Å². The van der Waals surface area contributed by atoms with Crippen molar-refractivity contribution in [2.45, 2.75) is 64.0 Å². The van der Waals surface area contributed by atoms with E-state index >= 15 is 0 Å². The first kappa shape index (κ1) is 14.3. The summed E-state index contributed by atoms with van der Waals surface area (Å²) in [4.78, 5) is 2.55. The van der Waals surface area contributed by atoms with E-state index in [1.165, 1.54) is 58.0 Å². The van der Waals surface area contributed by atoms with Gasteiger partial charge in [0.05, 0.1) is 6.10 Å². The van der Waals surface area contributed by atoms with E-state index < -0.39 is 0 Å². The molecule has 1 saturated carbocycles. The molecule has 0 aromatic rings. The maximum atomic E-state index is 5.72. The first-order valence-corrected chi connectivity index (χ1v) is 7.96. The minimum absolute atomic E-state index is 0.507. The summed E-state index contributed by atoms with van der Waals surface area (Å²) in [5.41, 5.74) is 0.